The van der Waals surface area contributed by atoms with Gasteiger partial charge in [-0.05, 0) is 32.6 Å². The molecular formula is C12H25NO. The summed E-state index contributed by atoms with van der Waals surface area (Å²) in [4.78, 5) is 11.5. The van der Waals surface area contributed by atoms with E-state index in [0.29, 0.717) is 18.7 Å². The van der Waals surface area contributed by atoms with Crippen molar-refractivity contribution >= 4 is 5.78 Å². The summed E-state index contributed by atoms with van der Waals surface area (Å²) in [5.41, 5.74) is 0.300. The molecule has 0 saturated carbocycles. The first-order valence-electron chi connectivity index (χ1n) is 5.37. The molecule has 0 amide bonds. The van der Waals surface area contributed by atoms with E-state index in [1.54, 1.807) is 0 Å². The van der Waals surface area contributed by atoms with Crippen LogP contribution in [0.1, 0.15) is 54.4 Å². The molecule has 0 spiro atoms. The van der Waals surface area contributed by atoms with Gasteiger partial charge in [-0.15, -0.1) is 0 Å². The minimum atomic E-state index is 0.0391. The molecule has 0 rings (SSSR count). The van der Waals surface area contributed by atoms with Gasteiger partial charge in [0.25, 0.3) is 0 Å². The Hall–Kier alpha value is -0.370. The van der Waals surface area contributed by atoms with Crippen molar-refractivity contribution in [2.24, 2.45) is 5.41 Å². The predicted molar refractivity (Wildman–Crippen MR) is 61.5 cm³/mol. The molecule has 0 aromatic carbocycles. The number of rotatable bonds is 4. The smallest absolute Gasteiger partial charge is 0.146 e. The van der Waals surface area contributed by atoms with E-state index in [1.165, 1.54) is 0 Å². The number of hydrogen-bond donors (Lipinski definition) is 1. The quantitative estimate of drug-likeness (QED) is 0.754. The van der Waals surface area contributed by atoms with Crippen LogP contribution in [0.2, 0.25) is 0 Å². The SMILES string of the molecule is CC(C)(C)CCC(=O)CNC(C)(C)C. The maximum atomic E-state index is 11.5. The molecule has 0 aromatic rings. The van der Waals surface area contributed by atoms with E-state index in [4.69, 9.17) is 0 Å². The molecule has 0 saturated heterocycles. The summed E-state index contributed by atoms with van der Waals surface area (Å²) in [6.45, 7) is 13.2. The Kier molecular flexibility index (Phi) is 4.79. The third-order valence-electron chi connectivity index (χ3n) is 1.97. The zero-order valence-corrected chi connectivity index (χ0v) is 10.5. The highest BCUT2D eigenvalue weighted by molar-refractivity contribution is 5.80. The van der Waals surface area contributed by atoms with Crippen LogP contribution in [0.25, 0.3) is 0 Å². The van der Waals surface area contributed by atoms with E-state index < -0.39 is 0 Å². The lowest BCUT2D eigenvalue weighted by atomic mass is 9.89. The molecule has 0 fully saturated rings. The molecule has 0 aromatic heterocycles. The molecule has 14 heavy (non-hydrogen) atoms. The van der Waals surface area contributed by atoms with Gasteiger partial charge in [0.2, 0.25) is 0 Å². The normalized spacial score (nSPS) is 13.0. The van der Waals surface area contributed by atoms with Gasteiger partial charge in [0, 0.05) is 12.0 Å². The zero-order chi connectivity index (χ0) is 11.4. The van der Waals surface area contributed by atoms with Crippen LogP contribution < -0.4 is 5.32 Å². The van der Waals surface area contributed by atoms with Gasteiger partial charge >= 0.3 is 0 Å². The summed E-state index contributed by atoms with van der Waals surface area (Å²) in [6.07, 6.45) is 1.66. The van der Waals surface area contributed by atoms with Crippen molar-refractivity contribution in [3.63, 3.8) is 0 Å². The highest BCUT2D eigenvalue weighted by Gasteiger charge is 2.15. The summed E-state index contributed by atoms with van der Waals surface area (Å²) in [5.74, 6) is 0.315. The molecule has 0 aliphatic carbocycles. The Labute approximate surface area is 88.5 Å². The summed E-state index contributed by atoms with van der Waals surface area (Å²) >= 11 is 0. The second kappa shape index (κ2) is 4.92. The molecule has 84 valence electrons. The van der Waals surface area contributed by atoms with Gasteiger partial charge < -0.3 is 5.32 Å². The lowest BCUT2D eigenvalue weighted by molar-refractivity contribution is -0.119. The maximum Gasteiger partial charge on any atom is 0.146 e. The molecule has 0 radical (unpaired) electrons. The van der Waals surface area contributed by atoms with Crippen molar-refractivity contribution in [2.45, 2.75) is 59.9 Å². The molecule has 2 nitrogen and oxygen atoms in total. The van der Waals surface area contributed by atoms with Crippen molar-refractivity contribution in [3.8, 4) is 0 Å². The highest BCUT2D eigenvalue weighted by Crippen LogP contribution is 2.20. The van der Waals surface area contributed by atoms with Crippen molar-refractivity contribution in [2.75, 3.05) is 6.54 Å². The Morgan fingerprint density at radius 1 is 1.07 bits per heavy atom. The summed E-state index contributed by atoms with van der Waals surface area (Å²) in [6, 6.07) is 0. The second-order valence-electron chi connectivity index (χ2n) is 6.20. The maximum absolute atomic E-state index is 11.5. The van der Waals surface area contributed by atoms with Crippen LogP contribution in [0.15, 0.2) is 0 Å². The second-order valence-corrected chi connectivity index (χ2v) is 6.20. The number of ketones is 1. The van der Waals surface area contributed by atoms with Gasteiger partial charge in [0.15, 0.2) is 0 Å². The first-order valence-corrected chi connectivity index (χ1v) is 5.37. The minimum Gasteiger partial charge on any atom is -0.305 e. The molecular weight excluding hydrogens is 174 g/mol. The van der Waals surface area contributed by atoms with Gasteiger partial charge in [-0.3, -0.25) is 4.79 Å². The Morgan fingerprint density at radius 2 is 1.57 bits per heavy atom. The van der Waals surface area contributed by atoms with Crippen LogP contribution in [-0.2, 0) is 4.79 Å². The number of carbonyl (C=O) groups is 1. The number of Topliss-reactive ketones (excluding diaryl/α,β-unsaturated/α-hetero) is 1. The van der Waals surface area contributed by atoms with E-state index in [1.807, 2.05) is 0 Å². The van der Waals surface area contributed by atoms with Crippen molar-refractivity contribution in [1.82, 2.24) is 5.32 Å². The highest BCUT2D eigenvalue weighted by atomic mass is 16.1. The van der Waals surface area contributed by atoms with E-state index in [9.17, 15) is 4.79 Å². The lowest BCUT2D eigenvalue weighted by Gasteiger charge is -2.21. The Morgan fingerprint density at radius 3 is 1.93 bits per heavy atom. The zero-order valence-electron chi connectivity index (χ0n) is 10.5. The number of carbonyl (C=O) groups excluding carboxylic acids is 1. The van der Waals surface area contributed by atoms with E-state index >= 15 is 0 Å². The third-order valence-corrected chi connectivity index (χ3v) is 1.97. The minimum absolute atomic E-state index is 0.0391. The monoisotopic (exact) mass is 199 g/mol. The molecule has 1 N–H and O–H groups in total. The first kappa shape index (κ1) is 13.6. The van der Waals surface area contributed by atoms with E-state index in [-0.39, 0.29) is 11.0 Å². The largest absolute Gasteiger partial charge is 0.305 e. The third kappa shape index (κ3) is 9.72. The Balaban J connectivity index is 3.68. The van der Waals surface area contributed by atoms with E-state index in [0.717, 1.165) is 6.42 Å². The van der Waals surface area contributed by atoms with Crippen LogP contribution in [0.3, 0.4) is 0 Å². The molecule has 0 heterocycles. The molecule has 0 aliphatic heterocycles. The fourth-order valence-corrected chi connectivity index (χ4v) is 0.967. The van der Waals surface area contributed by atoms with Crippen LogP contribution in [0.5, 0.6) is 0 Å². The van der Waals surface area contributed by atoms with Gasteiger partial charge in [0.1, 0.15) is 5.78 Å². The van der Waals surface area contributed by atoms with Crippen LogP contribution in [0.4, 0.5) is 0 Å². The van der Waals surface area contributed by atoms with Gasteiger partial charge in [-0.25, -0.2) is 0 Å². The van der Waals surface area contributed by atoms with Crippen molar-refractivity contribution in [3.05, 3.63) is 0 Å². The number of hydrogen-bond acceptors (Lipinski definition) is 2. The van der Waals surface area contributed by atoms with E-state index in [2.05, 4.69) is 46.9 Å². The average molecular weight is 199 g/mol. The topological polar surface area (TPSA) is 29.1 Å². The molecule has 0 atom stereocenters. The van der Waals surface area contributed by atoms with Gasteiger partial charge in [-0.2, -0.15) is 0 Å². The fourth-order valence-electron chi connectivity index (χ4n) is 0.967. The average Bonchev–Trinajstić information content (AvgIpc) is 1.94. The van der Waals surface area contributed by atoms with Crippen LogP contribution in [-0.4, -0.2) is 17.9 Å². The summed E-state index contributed by atoms with van der Waals surface area (Å²) in [5, 5.41) is 3.21. The molecule has 0 bridgehead atoms. The summed E-state index contributed by atoms with van der Waals surface area (Å²) < 4.78 is 0. The molecule has 2 heteroatoms. The fraction of sp³-hybridized carbons (Fsp3) is 0.917. The van der Waals surface area contributed by atoms with Crippen molar-refractivity contribution < 1.29 is 4.79 Å². The molecule has 0 unspecified atom stereocenters. The summed E-state index contributed by atoms with van der Waals surface area (Å²) in [7, 11) is 0. The lowest BCUT2D eigenvalue weighted by Crippen LogP contribution is -2.39. The molecule has 0 aliphatic rings. The predicted octanol–water partition coefficient (Wildman–Crippen LogP) is 2.77. The number of nitrogens with one attached hydrogen (secondary N) is 1. The van der Waals surface area contributed by atoms with Gasteiger partial charge in [0.05, 0.1) is 6.54 Å². The van der Waals surface area contributed by atoms with Crippen LogP contribution in [0, 0.1) is 5.41 Å². The van der Waals surface area contributed by atoms with Crippen molar-refractivity contribution in [1.29, 1.82) is 0 Å². The Bertz CT molecular complexity index is 163. The van der Waals surface area contributed by atoms with Gasteiger partial charge in [-0.1, -0.05) is 20.8 Å². The standard InChI is InChI=1S/C12H25NO/c1-11(2,3)8-7-10(14)9-13-12(4,5)6/h13H,7-9H2,1-6H3. The van der Waals surface area contributed by atoms with Crippen LogP contribution >= 0.6 is 0 Å². The first-order chi connectivity index (χ1) is 6.10.